The standard InChI is InChI=1S/C21H36FN3O5/c1-21(2,3)25(20(29)30)17(19(28)24-11-10-14(22)12-24)16(18(27)23(4)5)13-6-8-15(26)9-7-13/h13-17,26H,6-12H2,1-5H3,(H,29,30)/t13?,14-,15?,16+,17-/m0/s1. The summed E-state index contributed by atoms with van der Waals surface area (Å²) in [5, 5.41) is 20.0. The second kappa shape index (κ2) is 9.49. The quantitative estimate of drug-likeness (QED) is 0.696. The van der Waals surface area contributed by atoms with Crippen molar-refractivity contribution in [3.05, 3.63) is 0 Å². The predicted octanol–water partition coefficient (Wildman–Crippen LogP) is 1.96. The summed E-state index contributed by atoms with van der Waals surface area (Å²) in [6.45, 7) is 5.18. The number of likely N-dealkylation sites (tertiary alicyclic amines) is 1. The molecular weight excluding hydrogens is 393 g/mol. The molecule has 30 heavy (non-hydrogen) atoms. The molecule has 2 fully saturated rings. The molecular formula is C21H36FN3O5. The average Bonchev–Trinajstić information content (AvgIpc) is 3.06. The van der Waals surface area contributed by atoms with E-state index < -0.39 is 41.8 Å². The van der Waals surface area contributed by atoms with Crippen molar-refractivity contribution in [2.24, 2.45) is 11.8 Å². The van der Waals surface area contributed by atoms with E-state index in [1.54, 1.807) is 34.9 Å². The summed E-state index contributed by atoms with van der Waals surface area (Å²) in [7, 11) is 3.17. The Labute approximate surface area is 178 Å². The molecule has 0 aromatic rings. The molecule has 3 atom stereocenters. The summed E-state index contributed by atoms with van der Waals surface area (Å²) in [4.78, 5) is 43.0. The van der Waals surface area contributed by atoms with Gasteiger partial charge in [0.1, 0.15) is 12.2 Å². The number of halogens is 1. The number of rotatable bonds is 5. The van der Waals surface area contributed by atoms with Gasteiger partial charge in [0.25, 0.3) is 0 Å². The molecule has 9 heteroatoms. The molecule has 0 unspecified atom stereocenters. The molecule has 0 spiro atoms. The second-order valence-electron chi connectivity index (χ2n) is 9.77. The third kappa shape index (κ3) is 5.42. The molecule has 8 nitrogen and oxygen atoms in total. The van der Waals surface area contributed by atoms with Crippen LogP contribution in [-0.4, -0.2) is 93.9 Å². The molecule has 0 bridgehead atoms. The van der Waals surface area contributed by atoms with Gasteiger partial charge in [0.05, 0.1) is 18.6 Å². The summed E-state index contributed by atoms with van der Waals surface area (Å²) in [5.74, 6) is -1.97. The zero-order valence-corrected chi connectivity index (χ0v) is 18.7. The van der Waals surface area contributed by atoms with Crippen molar-refractivity contribution in [2.75, 3.05) is 27.2 Å². The van der Waals surface area contributed by atoms with E-state index in [1.807, 2.05) is 0 Å². The zero-order chi connectivity index (χ0) is 22.8. The molecule has 2 N–H and O–H groups in total. The van der Waals surface area contributed by atoms with Crippen molar-refractivity contribution in [3.8, 4) is 0 Å². The van der Waals surface area contributed by atoms with Crippen LogP contribution < -0.4 is 0 Å². The lowest BCUT2D eigenvalue weighted by atomic mass is 9.73. The highest BCUT2D eigenvalue weighted by Crippen LogP contribution is 2.37. The van der Waals surface area contributed by atoms with Gasteiger partial charge >= 0.3 is 6.09 Å². The van der Waals surface area contributed by atoms with Crippen molar-refractivity contribution >= 4 is 17.9 Å². The van der Waals surface area contributed by atoms with E-state index in [4.69, 9.17) is 0 Å². The summed E-state index contributed by atoms with van der Waals surface area (Å²) in [6, 6.07) is -1.25. The Balaban J connectivity index is 2.54. The first kappa shape index (κ1) is 24.4. The van der Waals surface area contributed by atoms with Crippen LogP contribution in [0, 0.1) is 11.8 Å². The summed E-state index contributed by atoms with van der Waals surface area (Å²) in [5.41, 5.74) is -0.944. The normalized spacial score (nSPS) is 26.8. The van der Waals surface area contributed by atoms with E-state index in [9.17, 15) is 29.0 Å². The number of hydrogen-bond donors (Lipinski definition) is 2. The van der Waals surface area contributed by atoms with Crippen molar-refractivity contribution in [3.63, 3.8) is 0 Å². The van der Waals surface area contributed by atoms with E-state index in [2.05, 4.69) is 0 Å². The van der Waals surface area contributed by atoms with Gasteiger partial charge in [-0.05, 0) is 58.8 Å². The van der Waals surface area contributed by atoms with Gasteiger partial charge in [-0.25, -0.2) is 9.18 Å². The maximum atomic E-state index is 13.8. The van der Waals surface area contributed by atoms with Gasteiger partial charge in [-0.1, -0.05) is 0 Å². The van der Waals surface area contributed by atoms with Gasteiger partial charge in [0.15, 0.2) is 0 Å². The van der Waals surface area contributed by atoms with Gasteiger partial charge in [-0.3, -0.25) is 14.5 Å². The fraction of sp³-hybridized carbons (Fsp3) is 0.857. The Kier molecular flexibility index (Phi) is 7.71. The van der Waals surface area contributed by atoms with Gasteiger partial charge < -0.3 is 20.0 Å². The maximum Gasteiger partial charge on any atom is 0.408 e. The Bertz CT molecular complexity index is 643. The minimum atomic E-state index is -1.29. The topological polar surface area (TPSA) is 101 Å². The first-order valence-electron chi connectivity index (χ1n) is 10.7. The molecule has 0 aromatic carbocycles. The fourth-order valence-electron chi connectivity index (χ4n) is 4.71. The molecule has 1 saturated heterocycles. The van der Waals surface area contributed by atoms with Crippen molar-refractivity contribution in [1.82, 2.24) is 14.7 Å². The number of carboxylic acid groups (broad SMARTS) is 1. The SMILES string of the molecule is CN(C)C(=O)[C@H](C1CCC(O)CC1)[C@@H](C(=O)N1CC[C@H](F)C1)N(C(=O)O)C(C)(C)C. The molecule has 0 radical (unpaired) electrons. The predicted molar refractivity (Wildman–Crippen MR) is 110 cm³/mol. The molecule has 1 aliphatic heterocycles. The lowest BCUT2D eigenvalue weighted by molar-refractivity contribution is -0.151. The van der Waals surface area contributed by atoms with Gasteiger partial charge in [0.2, 0.25) is 11.8 Å². The minimum absolute atomic E-state index is 0.0841. The Morgan fingerprint density at radius 3 is 2.03 bits per heavy atom. The maximum absolute atomic E-state index is 13.8. The Morgan fingerprint density at radius 2 is 1.63 bits per heavy atom. The Morgan fingerprint density at radius 1 is 1.07 bits per heavy atom. The van der Waals surface area contributed by atoms with Crippen LogP contribution in [-0.2, 0) is 9.59 Å². The number of nitrogens with zero attached hydrogens (tertiary/aromatic N) is 3. The molecule has 1 heterocycles. The highest BCUT2D eigenvalue weighted by molar-refractivity contribution is 5.92. The van der Waals surface area contributed by atoms with Gasteiger partial charge in [-0.2, -0.15) is 0 Å². The molecule has 1 saturated carbocycles. The van der Waals surface area contributed by atoms with Crippen LogP contribution in [0.25, 0.3) is 0 Å². The summed E-state index contributed by atoms with van der Waals surface area (Å²) >= 11 is 0. The van der Waals surface area contributed by atoms with Gasteiger partial charge in [0, 0.05) is 26.2 Å². The van der Waals surface area contributed by atoms with E-state index in [1.165, 1.54) is 9.80 Å². The lowest BCUT2D eigenvalue weighted by Gasteiger charge is -2.46. The van der Waals surface area contributed by atoms with Crippen LogP contribution in [0.1, 0.15) is 52.9 Å². The largest absolute Gasteiger partial charge is 0.465 e. The molecule has 172 valence electrons. The number of alkyl halides is 1. The van der Waals surface area contributed by atoms with Crippen molar-refractivity contribution in [2.45, 2.75) is 76.7 Å². The van der Waals surface area contributed by atoms with Crippen LogP contribution in [0.3, 0.4) is 0 Å². The summed E-state index contributed by atoms with van der Waals surface area (Å²) in [6.07, 6.45) is -0.613. The Hall–Kier alpha value is -1.90. The van der Waals surface area contributed by atoms with E-state index >= 15 is 0 Å². The molecule has 3 amide bonds. The molecule has 2 aliphatic rings. The monoisotopic (exact) mass is 429 g/mol. The number of carbonyl (C=O) groups excluding carboxylic acids is 2. The van der Waals surface area contributed by atoms with Crippen LogP contribution >= 0.6 is 0 Å². The van der Waals surface area contributed by atoms with E-state index in [0.717, 1.165) is 4.90 Å². The number of carbonyl (C=O) groups is 3. The lowest BCUT2D eigenvalue weighted by Crippen LogP contribution is -2.63. The first-order valence-corrected chi connectivity index (χ1v) is 10.7. The van der Waals surface area contributed by atoms with Crippen molar-refractivity contribution < 1.29 is 29.0 Å². The molecule has 2 rings (SSSR count). The van der Waals surface area contributed by atoms with E-state index in [-0.39, 0.29) is 31.3 Å². The minimum Gasteiger partial charge on any atom is -0.465 e. The zero-order valence-electron chi connectivity index (χ0n) is 18.7. The van der Waals surface area contributed by atoms with Gasteiger partial charge in [-0.15, -0.1) is 0 Å². The molecule has 1 aliphatic carbocycles. The first-order chi connectivity index (χ1) is 13.8. The van der Waals surface area contributed by atoms with Crippen LogP contribution in [0.15, 0.2) is 0 Å². The third-order valence-electron chi connectivity index (χ3n) is 6.22. The average molecular weight is 430 g/mol. The smallest absolute Gasteiger partial charge is 0.408 e. The number of amides is 3. The van der Waals surface area contributed by atoms with E-state index in [0.29, 0.717) is 25.7 Å². The van der Waals surface area contributed by atoms with Crippen LogP contribution in [0.2, 0.25) is 0 Å². The number of hydrogen-bond acceptors (Lipinski definition) is 4. The highest BCUT2D eigenvalue weighted by Gasteiger charge is 2.50. The van der Waals surface area contributed by atoms with Crippen LogP contribution in [0.5, 0.6) is 0 Å². The third-order valence-corrected chi connectivity index (χ3v) is 6.22. The highest BCUT2D eigenvalue weighted by atomic mass is 19.1. The summed E-state index contributed by atoms with van der Waals surface area (Å²) < 4.78 is 13.8. The molecule has 0 aromatic heterocycles. The fourth-order valence-corrected chi connectivity index (χ4v) is 4.71. The van der Waals surface area contributed by atoms with Crippen molar-refractivity contribution in [1.29, 1.82) is 0 Å². The number of aliphatic hydroxyl groups is 1. The number of aliphatic hydroxyl groups excluding tert-OH is 1. The van der Waals surface area contributed by atoms with Crippen LogP contribution in [0.4, 0.5) is 9.18 Å². The second-order valence-corrected chi connectivity index (χ2v) is 9.77.